The lowest BCUT2D eigenvalue weighted by molar-refractivity contribution is 0.266. The van der Waals surface area contributed by atoms with Gasteiger partial charge in [0.15, 0.2) is 0 Å². The van der Waals surface area contributed by atoms with Gasteiger partial charge in [-0.3, -0.25) is 0 Å². The molecule has 0 saturated carbocycles. The molecule has 0 aliphatic carbocycles. The number of halogens is 1. The first-order valence-electron chi connectivity index (χ1n) is 6.22. The van der Waals surface area contributed by atoms with Crippen LogP contribution in [0.1, 0.15) is 12.8 Å². The summed E-state index contributed by atoms with van der Waals surface area (Å²) in [6.07, 6.45) is 2.14. The number of fused-ring (bicyclic) bond motifs is 1. The minimum absolute atomic E-state index is 0.189. The van der Waals surface area contributed by atoms with Crippen molar-refractivity contribution in [1.82, 2.24) is 4.98 Å². The van der Waals surface area contributed by atoms with Crippen LogP contribution in [0, 0.1) is 0 Å². The summed E-state index contributed by atoms with van der Waals surface area (Å²) in [4.78, 5) is 6.58. The summed E-state index contributed by atoms with van der Waals surface area (Å²) in [6, 6.07) is 10.1. The van der Waals surface area contributed by atoms with E-state index in [2.05, 4.69) is 16.0 Å². The van der Waals surface area contributed by atoms with Gasteiger partial charge in [-0.1, -0.05) is 29.8 Å². The molecule has 1 aliphatic rings. The van der Waals surface area contributed by atoms with Crippen molar-refractivity contribution in [1.29, 1.82) is 0 Å². The van der Waals surface area contributed by atoms with Gasteiger partial charge in [0.2, 0.25) is 0 Å². The Labute approximate surface area is 111 Å². The number of nitrogens with zero attached hydrogens (tertiary/aromatic N) is 2. The fraction of sp³-hybridized carbons (Fsp3) is 0.357. The first-order chi connectivity index (χ1) is 8.79. The van der Waals surface area contributed by atoms with E-state index in [1.807, 2.05) is 24.3 Å². The molecule has 1 aromatic carbocycles. The number of benzene rings is 1. The molecule has 18 heavy (non-hydrogen) atoms. The smallest absolute Gasteiger partial charge is 0.131 e. The van der Waals surface area contributed by atoms with Crippen LogP contribution in [0.5, 0.6) is 0 Å². The quantitative estimate of drug-likeness (QED) is 0.846. The summed E-state index contributed by atoms with van der Waals surface area (Å²) in [5.41, 5.74) is 1.99. The van der Waals surface area contributed by atoms with Crippen LogP contribution in [0.4, 0.5) is 5.69 Å². The first-order valence-corrected chi connectivity index (χ1v) is 6.60. The number of para-hydroxylation sites is 1. The minimum Gasteiger partial charge on any atom is -0.394 e. The molecule has 1 aliphatic heterocycles. The second-order valence-electron chi connectivity index (χ2n) is 4.65. The first kappa shape index (κ1) is 11.8. The summed E-state index contributed by atoms with van der Waals surface area (Å²) < 4.78 is 0. The number of aromatic nitrogens is 1. The van der Waals surface area contributed by atoms with Gasteiger partial charge in [0, 0.05) is 17.6 Å². The van der Waals surface area contributed by atoms with Gasteiger partial charge in [-0.25, -0.2) is 4.98 Å². The number of pyridine rings is 1. The molecule has 1 saturated heterocycles. The molecule has 4 heteroatoms. The SMILES string of the molecule is OC[C@@H]1CCCN1c1cc(Cl)nc2ccccc12. The van der Waals surface area contributed by atoms with Gasteiger partial charge >= 0.3 is 0 Å². The topological polar surface area (TPSA) is 36.4 Å². The van der Waals surface area contributed by atoms with E-state index in [0.717, 1.165) is 36.0 Å². The molecule has 0 bridgehead atoms. The van der Waals surface area contributed by atoms with Crippen molar-refractivity contribution >= 4 is 28.2 Å². The van der Waals surface area contributed by atoms with Gasteiger partial charge in [-0.05, 0) is 25.0 Å². The monoisotopic (exact) mass is 262 g/mol. The van der Waals surface area contributed by atoms with Crippen molar-refractivity contribution in [3.63, 3.8) is 0 Å². The average Bonchev–Trinajstić information content (AvgIpc) is 2.85. The fourth-order valence-corrected chi connectivity index (χ4v) is 2.90. The number of hydrogen-bond donors (Lipinski definition) is 1. The molecule has 3 rings (SSSR count). The Hall–Kier alpha value is -1.32. The maximum absolute atomic E-state index is 9.45. The number of aliphatic hydroxyl groups is 1. The molecule has 1 aromatic heterocycles. The summed E-state index contributed by atoms with van der Waals surface area (Å²) in [6.45, 7) is 1.16. The Bertz CT molecular complexity index is 573. The highest BCUT2D eigenvalue weighted by atomic mass is 35.5. The van der Waals surface area contributed by atoms with Crippen LogP contribution < -0.4 is 4.90 Å². The average molecular weight is 263 g/mol. The van der Waals surface area contributed by atoms with Crippen molar-refractivity contribution < 1.29 is 5.11 Å². The number of hydrogen-bond acceptors (Lipinski definition) is 3. The van der Waals surface area contributed by atoms with Crippen LogP contribution in [-0.4, -0.2) is 29.3 Å². The van der Waals surface area contributed by atoms with E-state index in [0.29, 0.717) is 5.15 Å². The van der Waals surface area contributed by atoms with Gasteiger partial charge in [-0.15, -0.1) is 0 Å². The van der Waals surface area contributed by atoms with E-state index in [4.69, 9.17) is 11.6 Å². The normalized spacial score (nSPS) is 19.7. The molecule has 2 heterocycles. The zero-order valence-corrected chi connectivity index (χ0v) is 10.8. The van der Waals surface area contributed by atoms with Crippen LogP contribution in [0.2, 0.25) is 5.15 Å². The Morgan fingerprint density at radius 2 is 2.22 bits per heavy atom. The molecule has 1 N–H and O–H groups in total. The van der Waals surface area contributed by atoms with Gasteiger partial charge in [0.1, 0.15) is 5.15 Å². The molecular formula is C14H15ClN2O. The predicted octanol–water partition coefficient (Wildman–Crippen LogP) is 2.85. The molecule has 0 amide bonds. The Morgan fingerprint density at radius 3 is 3.06 bits per heavy atom. The molecule has 3 nitrogen and oxygen atoms in total. The molecule has 0 unspecified atom stereocenters. The number of anilines is 1. The lowest BCUT2D eigenvalue weighted by Crippen LogP contribution is -2.32. The molecular weight excluding hydrogens is 248 g/mol. The zero-order chi connectivity index (χ0) is 12.5. The standard InChI is InChI=1S/C14H15ClN2O/c15-14-8-13(17-7-3-4-10(17)9-18)11-5-1-2-6-12(11)16-14/h1-2,5-6,8,10,18H,3-4,7,9H2/t10-/m0/s1. The van der Waals surface area contributed by atoms with Gasteiger partial charge in [-0.2, -0.15) is 0 Å². The van der Waals surface area contributed by atoms with Crippen molar-refractivity contribution in [3.8, 4) is 0 Å². The summed E-state index contributed by atoms with van der Waals surface area (Å²) in [7, 11) is 0. The molecule has 0 radical (unpaired) electrons. The van der Waals surface area contributed by atoms with Crippen molar-refractivity contribution in [2.75, 3.05) is 18.1 Å². The van der Waals surface area contributed by atoms with Crippen molar-refractivity contribution in [2.24, 2.45) is 0 Å². The van der Waals surface area contributed by atoms with E-state index in [9.17, 15) is 5.11 Å². The maximum atomic E-state index is 9.45. The van der Waals surface area contributed by atoms with Crippen molar-refractivity contribution in [3.05, 3.63) is 35.5 Å². The third-order valence-corrected chi connectivity index (χ3v) is 3.75. The second kappa shape index (κ2) is 4.75. The van der Waals surface area contributed by atoms with E-state index in [1.165, 1.54) is 0 Å². The molecule has 2 aromatic rings. The number of rotatable bonds is 2. The van der Waals surface area contributed by atoms with Gasteiger partial charge in [0.05, 0.1) is 18.2 Å². The predicted molar refractivity (Wildman–Crippen MR) is 74.2 cm³/mol. The van der Waals surface area contributed by atoms with E-state index < -0.39 is 0 Å². The van der Waals surface area contributed by atoms with Gasteiger partial charge < -0.3 is 10.0 Å². The van der Waals surface area contributed by atoms with Crippen LogP contribution in [0.25, 0.3) is 10.9 Å². The lowest BCUT2D eigenvalue weighted by Gasteiger charge is -2.26. The molecule has 1 atom stereocenters. The van der Waals surface area contributed by atoms with Crippen LogP contribution in [0.15, 0.2) is 30.3 Å². The van der Waals surface area contributed by atoms with E-state index in [-0.39, 0.29) is 12.6 Å². The van der Waals surface area contributed by atoms with Crippen molar-refractivity contribution in [2.45, 2.75) is 18.9 Å². The second-order valence-corrected chi connectivity index (χ2v) is 5.04. The Balaban J connectivity index is 2.15. The zero-order valence-electron chi connectivity index (χ0n) is 10.0. The largest absolute Gasteiger partial charge is 0.394 e. The lowest BCUT2D eigenvalue weighted by atomic mass is 10.1. The molecule has 94 valence electrons. The Morgan fingerprint density at radius 1 is 1.39 bits per heavy atom. The number of aliphatic hydroxyl groups excluding tert-OH is 1. The third kappa shape index (κ3) is 1.93. The summed E-state index contributed by atoms with van der Waals surface area (Å²) >= 11 is 6.09. The van der Waals surface area contributed by atoms with Crippen LogP contribution in [0.3, 0.4) is 0 Å². The van der Waals surface area contributed by atoms with E-state index >= 15 is 0 Å². The molecule has 0 spiro atoms. The fourth-order valence-electron chi connectivity index (χ4n) is 2.71. The summed E-state index contributed by atoms with van der Waals surface area (Å²) in [5, 5.41) is 11.1. The highest BCUT2D eigenvalue weighted by Gasteiger charge is 2.25. The summed E-state index contributed by atoms with van der Waals surface area (Å²) in [5.74, 6) is 0. The highest BCUT2D eigenvalue weighted by molar-refractivity contribution is 6.30. The Kier molecular flexibility index (Phi) is 3.10. The highest BCUT2D eigenvalue weighted by Crippen LogP contribution is 2.33. The minimum atomic E-state index is 0.189. The maximum Gasteiger partial charge on any atom is 0.131 e. The van der Waals surface area contributed by atoms with Crippen LogP contribution >= 0.6 is 11.6 Å². The molecule has 1 fully saturated rings. The third-order valence-electron chi connectivity index (χ3n) is 3.56. The van der Waals surface area contributed by atoms with E-state index in [1.54, 1.807) is 0 Å². The van der Waals surface area contributed by atoms with Crippen LogP contribution in [-0.2, 0) is 0 Å². The van der Waals surface area contributed by atoms with Gasteiger partial charge in [0.25, 0.3) is 0 Å².